The number of hydrogen-bond donors (Lipinski definition) is 1. The summed E-state index contributed by atoms with van der Waals surface area (Å²) in [6.07, 6.45) is 1.63. The molecule has 1 saturated heterocycles. The van der Waals surface area contributed by atoms with Crippen LogP contribution in [0.1, 0.15) is 30.1 Å². The van der Waals surface area contributed by atoms with Crippen LogP contribution in [0.2, 0.25) is 0 Å². The standard InChI is InChI=1S/C22H21N5O5S/c1-13(28)14-4-6-15(7-5-14)23-18(29)12-26-22(31)27-17-8-10-33-19(17)20(30)25(21(27)24-26)11-16-3-2-9-32-16/h4-8,10,16H,2-3,9,11-12H2,1H3,(H,23,29)/t16-/m1/s1. The topological polar surface area (TPSA) is 117 Å². The maximum absolute atomic E-state index is 13.2. The summed E-state index contributed by atoms with van der Waals surface area (Å²) in [7, 11) is 0. The Kier molecular flexibility index (Phi) is 5.43. The molecule has 170 valence electrons. The van der Waals surface area contributed by atoms with E-state index in [2.05, 4.69) is 10.4 Å². The van der Waals surface area contributed by atoms with Crippen LogP contribution in [0.3, 0.4) is 0 Å². The number of nitrogens with zero attached hydrogens (tertiary/aromatic N) is 4. The number of hydrogen-bond acceptors (Lipinski definition) is 7. The molecule has 33 heavy (non-hydrogen) atoms. The molecule has 1 aromatic carbocycles. The zero-order chi connectivity index (χ0) is 23.1. The van der Waals surface area contributed by atoms with Crippen LogP contribution in [-0.4, -0.2) is 43.1 Å². The Morgan fingerprint density at radius 2 is 2.00 bits per heavy atom. The van der Waals surface area contributed by atoms with Crippen molar-refractivity contribution in [2.75, 3.05) is 11.9 Å². The van der Waals surface area contributed by atoms with Crippen molar-refractivity contribution in [3.05, 3.63) is 62.1 Å². The van der Waals surface area contributed by atoms with E-state index < -0.39 is 11.6 Å². The number of ketones is 1. The fourth-order valence-corrected chi connectivity index (χ4v) is 4.84. The fourth-order valence-electron chi connectivity index (χ4n) is 4.02. The third-order valence-electron chi connectivity index (χ3n) is 5.67. The maximum Gasteiger partial charge on any atom is 0.352 e. The summed E-state index contributed by atoms with van der Waals surface area (Å²) >= 11 is 1.26. The SMILES string of the molecule is CC(=O)c1ccc(NC(=O)Cn2nc3n(C[C@H]4CCCO4)c(=O)c4sccc4n3c2=O)cc1. The first-order valence-corrected chi connectivity index (χ1v) is 11.4. The highest BCUT2D eigenvalue weighted by Gasteiger charge is 2.23. The summed E-state index contributed by atoms with van der Waals surface area (Å²) in [4.78, 5) is 50.3. The summed E-state index contributed by atoms with van der Waals surface area (Å²) in [6.45, 7) is 2.08. The van der Waals surface area contributed by atoms with Gasteiger partial charge in [-0.05, 0) is 55.5 Å². The predicted octanol–water partition coefficient (Wildman–Crippen LogP) is 1.89. The molecule has 0 spiro atoms. The van der Waals surface area contributed by atoms with Crippen LogP contribution in [0.5, 0.6) is 0 Å². The largest absolute Gasteiger partial charge is 0.376 e. The zero-order valence-electron chi connectivity index (χ0n) is 17.8. The maximum atomic E-state index is 13.2. The van der Waals surface area contributed by atoms with Gasteiger partial charge >= 0.3 is 5.69 Å². The lowest BCUT2D eigenvalue weighted by molar-refractivity contribution is -0.117. The molecule has 10 nitrogen and oxygen atoms in total. The first-order valence-electron chi connectivity index (χ1n) is 10.5. The minimum Gasteiger partial charge on any atom is -0.376 e. The van der Waals surface area contributed by atoms with Crippen molar-refractivity contribution in [3.8, 4) is 0 Å². The van der Waals surface area contributed by atoms with Crippen LogP contribution in [0.15, 0.2) is 45.3 Å². The van der Waals surface area contributed by atoms with E-state index in [4.69, 9.17) is 4.74 Å². The van der Waals surface area contributed by atoms with Crippen LogP contribution < -0.4 is 16.6 Å². The Morgan fingerprint density at radius 1 is 1.21 bits per heavy atom. The molecular weight excluding hydrogens is 446 g/mol. The number of carbonyl (C=O) groups is 2. The minimum absolute atomic E-state index is 0.0714. The molecule has 1 N–H and O–H groups in total. The molecule has 0 aliphatic carbocycles. The first-order chi connectivity index (χ1) is 15.9. The lowest BCUT2D eigenvalue weighted by Crippen LogP contribution is -2.30. The number of carbonyl (C=O) groups excluding carboxylic acids is 2. The van der Waals surface area contributed by atoms with Crippen molar-refractivity contribution in [1.82, 2.24) is 18.7 Å². The minimum atomic E-state index is -0.503. The molecule has 4 heterocycles. The van der Waals surface area contributed by atoms with Crippen molar-refractivity contribution in [3.63, 3.8) is 0 Å². The molecule has 1 aliphatic rings. The molecule has 1 aliphatic heterocycles. The van der Waals surface area contributed by atoms with Crippen LogP contribution in [0.4, 0.5) is 5.69 Å². The van der Waals surface area contributed by atoms with Gasteiger partial charge in [0.15, 0.2) is 5.78 Å². The predicted molar refractivity (Wildman–Crippen MR) is 123 cm³/mol. The van der Waals surface area contributed by atoms with E-state index in [9.17, 15) is 19.2 Å². The van der Waals surface area contributed by atoms with Crippen molar-refractivity contribution in [2.24, 2.45) is 0 Å². The van der Waals surface area contributed by atoms with Crippen molar-refractivity contribution >= 4 is 44.7 Å². The lowest BCUT2D eigenvalue weighted by atomic mass is 10.1. The van der Waals surface area contributed by atoms with Gasteiger partial charge in [0.1, 0.15) is 11.2 Å². The second kappa shape index (κ2) is 8.41. The Morgan fingerprint density at radius 3 is 2.70 bits per heavy atom. The number of fused-ring (bicyclic) bond motifs is 3. The number of ether oxygens (including phenoxy) is 1. The highest BCUT2D eigenvalue weighted by Crippen LogP contribution is 2.19. The number of nitrogens with one attached hydrogen (secondary N) is 1. The zero-order valence-corrected chi connectivity index (χ0v) is 18.6. The van der Waals surface area contributed by atoms with E-state index in [1.165, 1.54) is 27.2 Å². The second-order valence-corrected chi connectivity index (χ2v) is 8.86. The highest BCUT2D eigenvalue weighted by atomic mass is 32.1. The molecule has 5 rings (SSSR count). The number of aromatic nitrogens is 4. The summed E-state index contributed by atoms with van der Waals surface area (Å²) in [5, 5.41) is 8.79. The van der Waals surface area contributed by atoms with Crippen LogP contribution >= 0.6 is 11.3 Å². The van der Waals surface area contributed by atoms with E-state index in [-0.39, 0.29) is 29.8 Å². The van der Waals surface area contributed by atoms with Gasteiger partial charge in [-0.15, -0.1) is 16.4 Å². The van der Waals surface area contributed by atoms with E-state index >= 15 is 0 Å². The summed E-state index contributed by atoms with van der Waals surface area (Å²) in [6, 6.07) is 8.18. The third kappa shape index (κ3) is 3.89. The van der Waals surface area contributed by atoms with Gasteiger partial charge in [-0.1, -0.05) is 0 Å². The van der Waals surface area contributed by atoms with E-state index in [0.717, 1.165) is 17.5 Å². The van der Waals surface area contributed by atoms with Crippen molar-refractivity contribution < 1.29 is 14.3 Å². The van der Waals surface area contributed by atoms with Crippen LogP contribution in [-0.2, 0) is 22.6 Å². The Bertz CT molecular complexity index is 1490. The number of thiophene rings is 1. The van der Waals surface area contributed by atoms with Gasteiger partial charge in [0.25, 0.3) is 5.56 Å². The quantitative estimate of drug-likeness (QED) is 0.433. The molecule has 1 atom stereocenters. The molecule has 3 aromatic heterocycles. The first kappa shape index (κ1) is 21.3. The normalized spacial score (nSPS) is 16.0. The van der Waals surface area contributed by atoms with E-state index in [1.807, 2.05) is 0 Å². The number of rotatable bonds is 6. The van der Waals surface area contributed by atoms with Gasteiger partial charge < -0.3 is 10.1 Å². The number of benzene rings is 1. The van der Waals surface area contributed by atoms with Crippen LogP contribution in [0, 0.1) is 0 Å². The molecule has 1 amide bonds. The highest BCUT2D eigenvalue weighted by molar-refractivity contribution is 7.17. The van der Waals surface area contributed by atoms with E-state index in [1.54, 1.807) is 35.7 Å². The molecule has 0 bridgehead atoms. The van der Waals surface area contributed by atoms with E-state index in [0.29, 0.717) is 34.6 Å². The molecular formula is C22H21N5O5S. The van der Waals surface area contributed by atoms with Gasteiger partial charge in [0.2, 0.25) is 11.7 Å². The summed E-state index contributed by atoms with van der Waals surface area (Å²) in [5.41, 5.74) is 0.776. The van der Waals surface area contributed by atoms with Gasteiger partial charge in [-0.25, -0.2) is 13.9 Å². The Balaban J connectivity index is 1.49. The van der Waals surface area contributed by atoms with Crippen molar-refractivity contribution in [1.29, 1.82) is 0 Å². The lowest BCUT2D eigenvalue weighted by Gasteiger charge is -2.12. The Labute approximate surface area is 191 Å². The number of amides is 1. The molecule has 4 aromatic rings. The number of anilines is 1. The molecule has 0 unspecified atom stereocenters. The van der Waals surface area contributed by atoms with Crippen LogP contribution in [0.25, 0.3) is 16.0 Å². The fraction of sp³-hybridized carbons (Fsp3) is 0.318. The van der Waals surface area contributed by atoms with Gasteiger partial charge in [-0.2, -0.15) is 0 Å². The molecule has 0 radical (unpaired) electrons. The molecule has 0 saturated carbocycles. The second-order valence-electron chi connectivity index (χ2n) is 7.94. The summed E-state index contributed by atoms with van der Waals surface area (Å²) in [5.74, 6) is -0.339. The average molecular weight is 468 g/mol. The van der Waals surface area contributed by atoms with Gasteiger partial charge in [0.05, 0.1) is 18.2 Å². The molecule has 11 heteroatoms. The number of Topliss-reactive ketones (excluding diaryl/α,β-unsaturated/α-hetero) is 1. The molecule has 1 fully saturated rings. The average Bonchev–Trinajstić information content (AvgIpc) is 3.53. The van der Waals surface area contributed by atoms with Gasteiger partial charge in [-0.3, -0.25) is 19.0 Å². The van der Waals surface area contributed by atoms with Crippen molar-refractivity contribution in [2.45, 2.75) is 39.0 Å². The summed E-state index contributed by atoms with van der Waals surface area (Å²) < 4.78 is 10.0. The Hall–Kier alpha value is -3.57. The van der Waals surface area contributed by atoms with Gasteiger partial charge in [0, 0.05) is 17.9 Å². The third-order valence-corrected chi connectivity index (χ3v) is 6.56. The smallest absolute Gasteiger partial charge is 0.352 e. The monoisotopic (exact) mass is 467 g/mol.